The molecule has 8 heavy (non-hydrogen) atoms. The first kappa shape index (κ1) is 5.48. The molecular formula is C6H8O2. The number of rotatable bonds is 0. The number of hydrogen-bond acceptors (Lipinski definition) is 2. The highest BCUT2D eigenvalue weighted by Gasteiger charge is 2.13. The van der Waals surface area contributed by atoms with Crippen LogP contribution in [0.5, 0.6) is 0 Å². The van der Waals surface area contributed by atoms with E-state index in [0.717, 1.165) is 0 Å². The topological polar surface area (TPSA) is 34.1 Å². The van der Waals surface area contributed by atoms with Gasteiger partial charge in [-0.2, -0.15) is 0 Å². The van der Waals surface area contributed by atoms with E-state index in [1.54, 1.807) is 0 Å². The van der Waals surface area contributed by atoms with Crippen LogP contribution in [0.15, 0.2) is 0 Å². The van der Waals surface area contributed by atoms with E-state index in [2.05, 4.69) is 0 Å². The van der Waals surface area contributed by atoms with E-state index in [1.807, 2.05) is 0 Å². The van der Waals surface area contributed by atoms with Crippen molar-refractivity contribution in [2.75, 3.05) is 0 Å². The molecule has 1 saturated carbocycles. The second kappa shape index (κ2) is 2.07. The maximum Gasteiger partial charge on any atom is 0.133 e. The van der Waals surface area contributed by atoms with Crippen molar-refractivity contribution in [3.05, 3.63) is 0 Å². The zero-order valence-electron chi connectivity index (χ0n) is 4.64. The highest BCUT2D eigenvalue weighted by molar-refractivity contribution is 5.92. The van der Waals surface area contributed by atoms with Gasteiger partial charge in [-0.1, -0.05) is 0 Å². The summed E-state index contributed by atoms with van der Waals surface area (Å²) in [6.45, 7) is 0. The lowest BCUT2D eigenvalue weighted by molar-refractivity contribution is -0.128. The molecule has 0 saturated heterocycles. The smallest absolute Gasteiger partial charge is 0.133 e. The normalized spacial score (nSPS) is 21.5. The van der Waals surface area contributed by atoms with Crippen LogP contribution in [0, 0.1) is 0 Å². The molecule has 0 aliphatic heterocycles. The average molecular weight is 118 g/mol. The molecule has 2 heteroatoms. The van der Waals surface area contributed by atoms with Crippen molar-refractivity contribution in [2.24, 2.45) is 0 Å². The summed E-state index contributed by atoms with van der Waals surface area (Å²) in [6, 6.07) is 0. The molecule has 0 atom stereocenters. The lowest BCUT2D eigenvalue weighted by Gasteiger charge is -2.04. The summed E-state index contributed by atoms with van der Waals surface area (Å²) in [5, 5.41) is 0. The summed E-state index contributed by atoms with van der Waals surface area (Å²) < 4.78 is 0. The maximum absolute atomic E-state index is 10.5. The number of carbonyl (C=O) groups is 2. The van der Waals surface area contributed by atoms with E-state index in [-0.39, 0.29) is 11.6 Å². The molecule has 0 aromatic rings. The minimum atomic E-state index is 0.240. The molecule has 1 aliphatic rings. The summed E-state index contributed by atoms with van der Waals surface area (Å²) in [5.74, 6) is 0.481. The fourth-order valence-electron chi connectivity index (χ4n) is 0.808. The third kappa shape index (κ3) is 1.15. The predicted octanol–water partition coefficient (Wildman–Crippen LogP) is 0.699. The molecule has 0 heterocycles. The third-order valence-electron chi connectivity index (χ3n) is 1.37. The Bertz CT molecular complexity index is 98.5. The lowest BCUT2D eigenvalue weighted by Crippen LogP contribution is -2.12. The van der Waals surface area contributed by atoms with E-state index in [1.165, 1.54) is 0 Å². The van der Waals surface area contributed by atoms with Gasteiger partial charge >= 0.3 is 0 Å². The average Bonchev–Trinajstić information content (AvgIpc) is 1.77. The molecule has 44 valence electrons. The van der Waals surface area contributed by atoms with Gasteiger partial charge in [-0.3, -0.25) is 9.59 Å². The van der Waals surface area contributed by atoms with Gasteiger partial charge < -0.3 is 0 Å². The van der Waals surface area contributed by atoms with Crippen LogP contribution in [0.25, 0.3) is 0 Å². The zero-order chi connectivity index (χ0) is 5.98. The Morgan fingerprint density at radius 2 is 1.00 bits per heavy atom. The summed E-state index contributed by atoms with van der Waals surface area (Å²) in [6.07, 6.45) is 1.94. The first-order valence-corrected chi connectivity index (χ1v) is 2.82. The lowest BCUT2D eigenvalue weighted by atomic mass is 11.0. The predicted molar refractivity (Wildman–Crippen MR) is 28.5 cm³/mol. The quantitative estimate of drug-likeness (QED) is 0.439. The van der Waals surface area contributed by atoms with Crippen molar-refractivity contribution < 1.29 is 9.59 Å². The van der Waals surface area contributed by atoms with Crippen LogP contribution in [0.3, 0.4) is 0 Å². The van der Waals surface area contributed by atoms with Crippen molar-refractivity contribution in [1.82, 2.24) is 0 Å². The van der Waals surface area contributed by atoms with Crippen molar-refractivity contribution in [2.45, 2.75) is 25.7 Å². The molecule has 0 bridgehead atoms. The summed E-state index contributed by atoms with van der Waals surface area (Å²) in [5.41, 5.74) is 0. The van der Waals surface area contributed by atoms with Crippen LogP contribution in [-0.2, 0) is 9.59 Å². The molecule has 0 radical (unpaired) electrons. The van der Waals surface area contributed by atoms with Crippen LogP contribution >= 0.6 is 0 Å². The van der Waals surface area contributed by atoms with Gasteiger partial charge in [0, 0.05) is 25.7 Å². The number of ketones is 2. The van der Waals surface area contributed by atoms with Crippen LogP contribution in [-0.4, -0.2) is 11.6 Å². The molecule has 0 spiro atoms. The van der Waals surface area contributed by atoms with Crippen LogP contribution in [0.1, 0.15) is 25.7 Å². The van der Waals surface area contributed by atoms with E-state index in [9.17, 15) is 9.59 Å². The third-order valence-corrected chi connectivity index (χ3v) is 1.37. The molecule has 0 aromatic carbocycles. The standard InChI is InChI=1S/C6H8O2/c7-5-1-2-6(8)4-3-5/h1-4H2/i1+1,2+1,3+1,4+1,5+1,6+1. The Hall–Kier alpha value is -0.660. The SMILES string of the molecule is O=[13C]1[13CH2][13CH2][13C](=O)[13CH2][13CH2]1. The van der Waals surface area contributed by atoms with Gasteiger partial charge in [0.25, 0.3) is 0 Å². The van der Waals surface area contributed by atoms with Crippen LogP contribution in [0.4, 0.5) is 0 Å². The van der Waals surface area contributed by atoms with E-state index < -0.39 is 0 Å². The molecule has 0 amide bonds. The Morgan fingerprint density at radius 3 is 1.25 bits per heavy atom. The summed E-state index contributed by atoms with van der Waals surface area (Å²) in [7, 11) is 0. The Kier molecular flexibility index (Phi) is 1.42. The van der Waals surface area contributed by atoms with Gasteiger partial charge in [-0.05, 0) is 0 Å². The molecule has 1 rings (SSSR count). The molecule has 2 nitrogen and oxygen atoms in total. The van der Waals surface area contributed by atoms with Crippen molar-refractivity contribution in [3.63, 3.8) is 0 Å². The number of carbonyl (C=O) groups excluding carboxylic acids is 2. The summed E-state index contributed by atoms with van der Waals surface area (Å²) in [4.78, 5) is 20.9. The molecule has 0 aromatic heterocycles. The first-order valence-electron chi connectivity index (χ1n) is 2.82. The van der Waals surface area contributed by atoms with Gasteiger partial charge in [0.1, 0.15) is 11.6 Å². The van der Waals surface area contributed by atoms with Gasteiger partial charge in [-0.25, -0.2) is 0 Å². The Morgan fingerprint density at radius 1 is 0.750 bits per heavy atom. The fraction of sp³-hybridized carbons (Fsp3) is 0.667. The molecular weight excluding hydrogens is 110 g/mol. The van der Waals surface area contributed by atoms with Crippen molar-refractivity contribution in [1.29, 1.82) is 0 Å². The van der Waals surface area contributed by atoms with Gasteiger partial charge in [0.2, 0.25) is 0 Å². The maximum atomic E-state index is 10.5. The van der Waals surface area contributed by atoms with E-state index >= 15 is 0 Å². The minimum Gasteiger partial charge on any atom is -0.300 e. The van der Waals surface area contributed by atoms with Crippen molar-refractivity contribution >= 4 is 11.6 Å². The molecule has 0 N–H and O–H groups in total. The number of hydrogen-bond donors (Lipinski definition) is 0. The van der Waals surface area contributed by atoms with Gasteiger partial charge in [0.15, 0.2) is 0 Å². The fourth-order valence-corrected chi connectivity index (χ4v) is 0.808. The molecule has 1 fully saturated rings. The summed E-state index contributed by atoms with van der Waals surface area (Å²) >= 11 is 0. The largest absolute Gasteiger partial charge is 0.300 e. The Labute approximate surface area is 47.9 Å². The molecule has 0 unspecified atom stereocenters. The zero-order valence-corrected chi connectivity index (χ0v) is 4.64. The van der Waals surface area contributed by atoms with Gasteiger partial charge in [-0.15, -0.1) is 0 Å². The first-order chi connectivity index (χ1) is 3.79. The van der Waals surface area contributed by atoms with Crippen LogP contribution < -0.4 is 0 Å². The minimum absolute atomic E-state index is 0.240. The highest BCUT2D eigenvalue weighted by Crippen LogP contribution is 2.08. The highest BCUT2D eigenvalue weighted by atomic mass is 16.2. The second-order valence-electron chi connectivity index (χ2n) is 2.08. The second-order valence-corrected chi connectivity index (χ2v) is 2.08. The molecule has 1 aliphatic carbocycles. The van der Waals surface area contributed by atoms with Gasteiger partial charge in [0.05, 0.1) is 0 Å². The van der Waals surface area contributed by atoms with Crippen molar-refractivity contribution in [3.8, 4) is 0 Å². The Balaban J connectivity index is 2.40. The van der Waals surface area contributed by atoms with Crippen LogP contribution in [0.2, 0.25) is 0 Å². The monoisotopic (exact) mass is 118 g/mol. The number of Topliss-reactive ketones (excluding diaryl/α,β-unsaturated/α-hetero) is 2. The van der Waals surface area contributed by atoms with E-state index in [0.29, 0.717) is 25.7 Å². The van der Waals surface area contributed by atoms with E-state index in [4.69, 9.17) is 0 Å².